The molecule has 0 aliphatic rings. The molecule has 1 aromatic carbocycles. The highest BCUT2D eigenvalue weighted by molar-refractivity contribution is 5.77. The summed E-state index contributed by atoms with van der Waals surface area (Å²) in [6.45, 7) is 13.2. The number of carbonyl (C=O) groups is 1. The van der Waals surface area contributed by atoms with Crippen molar-refractivity contribution in [2.45, 2.75) is 143 Å². The number of nitrogens with one attached hydrogen (secondary N) is 1. The van der Waals surface area contributed by atoms with Gasteiger partial charge in [-0.05, 0) is 49.4 Å². The molecule has 5 nitrogen and oxygen atoms in total. The van der Waals surface area contributed by atoms with E-state index in [1.807, 2.05) is 24.3 Å². The standard InChI is InChI=1S/C37H60N2O3.HI/c1-6-8-9-10-11-12-13-14-15-16-17-18-19-20-28-41-35-24-23-33(29-34(35)37(3,4)5)42-31-36(40)38-26-25-32-22-21-27-39(7-2)30-32;/h21-24,27,29-30H,6-20,25-26,28,31H2,1-5H3;1H. The number of halogens is 1. The first kappa shape index (κ1) is 39.2. The summed E-state index contributed by atoms with van der Waals surface area (Å²) in [6.07, 6.45) is 24.0. The van der Waals surface area contributed by atoms with Gasteiger partial charge < -0.3 is 38.8 Å². The summed E-state index contributed by atoms with van der Waals surface area (Å²) in [5.74, 6) is 1.51. The van der Waals surface area contributed by atoms with E-state index in [0.717, 1.165) is 37.3 Å². The lowest BCUT2D eigenvalue weighted by atomic mass is 9.86. The minimum atomic E-state index is -0.107. The van der Waals surface area contributed by atoms with Gasteiger partial charge >= 0.3 is 0 Å². The molecule has 0 aliphatic carbocycles. The van der Waals surface area contributed by atoms with Crippen molar-refractivity contribution < 1.29 is 42.8 Å². The van der Waals surface area contributed by atoms with Gasteiger partial charge in [0.15, 0.2) is 19.0 Å². The molecule has 0 atom stereocenters. The third kappa shape index (κ3) is 17.9. The van der Waals surface area contributed by atoms with Crippen LogP contribution in [0.1, 0.15) is 136 Å². The number of hydrogen-bond donors (Lipinski definition) is 1. The van der Waals surface area contributed by atoms with Crippen LogP contribution in [-0.2, 0) is 23.2 Å². The van der Waals surface area contributed by atoms with Crippen LogP contribution in [0.3, 0.4) is 0 Å². The van der Waals surface area contributed by atoms with Gasteiger partial charge in [0.05, 0.1) is 6.61 Å². The third-order valence-corrected chi connectivity index (χ3v) is 7.90. The first-order chi connectivity index (χ1) is 20.3. The fourth-order valence-electron chi connectivity index (χ4n) is 5.26. The maximum atomic E-state index is 12.4. The number of aromatic nitrogens is 1. The molecular formula is C37H61IN2O3. The van der Waals surface area contributed by atoms with E-state index < -0.39 is 0 Å². The Morgan fingerprint density at radius 3 is 2.00 bits per heavy atom. The number of carbonyl (C=O) groups excluding carboxylic acids is 1. The number of benzene rings is 1. The molecule has 244 valence electrons. The molecule has 1 N–H and O–H groups in total. The van der Waals surface area contributed by atoms with Crippen molar-refractivity contribution in [3.8, 4) is 11.5 Å². The lowest BCUT2D eigenvalue weighted by Gasteiger charge is -2.24. The van der Waals surface area contributed by atoms with Crippen LogP contribution in [-0.4, -0.2) is 25.7 Å². The summed E-state index contributed by atoms with van der Waals surface area (Å²) >= 11 is 0. The molecule has 0 unspecified atom stereocenters. The second-order valence-corrected chi connectivity index (χ2v) is 12.8. The van der Waals surface area contributed by atoms with E-state index in [2.05, 4.69) is 63.0 Å². The summed E-state index contributed by atoms with van der Waals surface area (Å²) in [6, 6.07) is 10.1. The van der Waals surface area contributed by atoms with Crippen molar-refractivity contribution in [3.63, 3.8) is 0 Å². The average Bonchev–Trinajstić information content (AvgIpc) is 2.98. The SMILES string of the molecule is CCCCCCCCCCCCCCCCOc1ccc(OCC(=O)NCCc2ccc[n+](CC)c2)cc1C(C)(C)C.[I-]. The normalized spacial score (nSPS) is 11.2. The van der Waals surface area contributed by atoms with Crippen molar-refractivity contribution in [3.05, 3.63) is 53.9 Å². The molecular weight excluding hydrogens is 647 g/mol. The number of pyridine rings is 1. The molecule has 0 aliphatic heterocycles. The van der Waals surface area contributed by atoms with Crippen molar-refractivity contribution in [2.75, 3.05) is 19.8 Å². The molecule has 1 heterocycles. The molecule has 0 fully saturated rings. The van der Waals surface area contributed by atoms with Crippen LogP contribution in [0.2, 0.25) is 0 Å². The first-order valence-corrected chi connectivity index (χ1v) is 17.0. The second kappa shape index (κ2) is 23.5. The molecule has 0 spiro atoms. The monoisotopic (exact) mass is 708 g/mol. The summed E-state index contributed by atoms with van der Waals surface area (Å²) in [4.78, 5) is 12.4. The molecule has 6 heteroatoms. The Morgan fingerprint density at radius 1 is 0.814 bits per heavy atom. The largest absolute Gasteiger partial charge is 1.00 e. The van der Waals surface area contributed by atoms with Gasteiger partial charge in [0.25, 0.3) is 5.91 Å². The van der Waals surface area contributed by atoms with Crippen molar-refractivity contribution in [1.29, 1.82) is 0 Å². The Labute approximate surface area is 280 Å². The van der Waals surface area contributed by atoms with Gasteiger partial charge in [-0.25, -0.2) is 4.57 Å². The topological polar surface area (TPSA) is 51.4 Å². The van der Waals surface area contributed by atoms with E-state index in [4.69, 9.17) is 9.47 Å². The number of nitrogens with zero attached hydrogens (tertiary/aromatic N) is 1. The Bertz CT molecular complexity index is 1010. The molecule has 43 heavy (non-hydrogen) atoms. The predicted octanol–water partition coefficient (Wildman–Crippen LogP) is 5.89. The van der Waals surface area contributed by atoms with E-state index >= 15 is 0 Å². The number of amides is 1. The van der Waals surface area contributed by atoms with Crippen LogP contribution in [0.4, 0.5) is 0 Å². The summed E-state index contributed by atoms with van der Waals surface area (Å²) in [5.41, 5.74) is 2.23. The fourth-order valence-corrected chi connectivity index (χ4v) is 5.26. The van der Waals surface area contributed by atoms with E-state index in [-0.39, 0.29) is 41.9 Å². The predicted molar refractivity (Wildman–Crippen MR) is 175 cm³/mol. The quantitative estimate of drug-likeness (QED) is 0.0891. The molecule has 2 rings (SSSR count). The van der Waals surface area contributed by atoms with Gasteiger partial charge in [-0.2, -0.15) is 0 Å². The molecule has 0 saturated carbocycles. The Morgan fingerprint density at radius 2 is 1.42 bits per heavy atom. The molecule has 1 amide bonds. The van der Waals surface area contributed by atoms with E-state index in [1.54, 1.807) is 0 Å². The Balaban J connectivity index is 0.00000924. The van der Waals surface area contributed by atoms with Gasteiger partial charge in [-0.3, -0.25) is 4.79 Å². The maximum absolute atomic E-state index is 12.4. The molecule has 1 aromatic heterocycles. The highest BCUT2D eigenvalue weighted by Crippen LogP contribution is 2.34. The lowest BCUT2D eigenvalue weighted by Crippen LogP contribution is -3.00. The fraction of sp³-hybridized carbons (Fsp3) is 0.676. The van der Waals surface area contributed by atoms with Gasteiger partial charge in [-0.1, -0.05) is 111 Å². The number of rotatable bonds is 23. The molecule has 2 aromatic rings. The van der Waals surface area contributed by atoms with Crippen LogP contribution < -0.4 is 43.3 Å². The van der Waals surface area contributed by atoms with E-state index in [1.165, 1.54) is 89.0 Å². The highest BCUT2D eigenvalue weighted by Gasteiger charge is 2.20. The van der Waals surface area contributed by atoms with Crippen LogP contribution >= 0.6 is 0 Å². The number of aryl methyl sites for hydroxylation is 1. The van der Waals surface area contributed by atoms with Crippen LogP contribution in [0, 0.1) is 0 Å². The first-order valence-electron chi connectivity index (χ1n) is 17.0. The van der Waals surface area contributed by atoms with Gasteiger partial charge in [0.1, 0.15) is 18.0 Å². The number of ether oxygens (including phenoxy) is 2. The lowest BCUT2D eigenvalue weighted by molar-refractivity contribution is -0.694. The number of hydrogen-bond acceptors (Lipinski definition) is 3. The van der Waals surface area contributed by atoms with Gasteiger partial charge in [0.2, 0.25) is 0 Å². The minimum absolute atomic E-state index is 0. The van der Waals surface area contributed by atoms with Gasteiger partial charge in [0, 0.05) is 23.7 Å². The Hall–Kier alpha value is -1.83. The number of unbranched alkanes of at least 4 members (excludes halogenated alkanes) is 13. The zero-order chi connectivity index (χ0) is 30.5. The van der Waals surface area contributed by atoms with E-state index in [0.29, 0.717) is 12.3 Å². The van der Waals surface area contributed by atoms with Crippen molar-refractivity contribution in [1.82, 2.24) is 5.32 Å². The van der Waals surface area contributed by atoms with E-state index in [9.17, 15) is 4.79 Å². The summed E-state index contributed by atoms with van der Waals surface area (Å²) in [7, 11) is 0. The Kier molecular flexibility index (Phi) is 21.5. The maximum Gasteiger partial charge on any atom is 0.257 e. The highest BCUT2D eigenvalue weighted by atomic mass is 127. The summed E-state index contributed by atoms with van der Waals surface area (Å²) < 4.78 is 14.2. The van der Waals surface area contributed by atoms with Crippen LogP contribution in [0.15, 0.2) is 42.7 Å². The van der Waals surface area contributed by atoms with Gasteiger partial charge in [-0.15, -0.1) is 0 Å². The molecule has 0 saturated heterocycles. The molecule has 0 bridgehead atoms. The molecule has 0 radical (unpaired) electrons. The van der Waals surface area contributed by atoms with Crippen molar-refractivity contribution >= 4 is 5.91 Å². The van der Waals surface area contributed by atoms with Crippen molar-refractivity contribution in [2.24, 2.45) is 0 Å². The smallest absolute Gasteiger partial charge is 0.257 e. The van der Waals surface area contributed by atoms with Crippen LogP contribution in [0.25, 0.3) is 0 Å². The second-order valence-electron chi connectivity index (χ2n) is 12.8. The van der Waals surface area contributed by atoms with Crippen LogP contribution in [0.5, 0.6) is 11.5 Å². The summed E-state index contributed by atoms with van der Waals surface area (Å²) in [5, 5.41) is 2.97. The minimum Gasteiger partial charge on any atom is -1.00 e. The average molecular weight is 709 g/mol. The third-order valence-electron chi connectivity index (χ3n) is 7.90. The zero-order valence-corrected chi connectivity index (χ0v) is 30.2. The zero-order valence-electron chi connectivity index (χ0n) is 28.0.